The number of nitrogens with zero attached hydrogens (tertiary/aromatic N) is 4. The third-order valence-corrected chi connectivity index (χ3v) is 3.65. The molecule has 0 aromatic carbocycles. The molecule has 3 heterocycles. The molecule has 0 saturated carbocycles. The Hall–Kier alpha value is -3.55. The minimum Gasteiger partial charge on any atom is -0.349 e. The van der Waals surface area contributed by atoms with Gasteiger partial charge in [0.1, 0.15) is 11.4 Å². The van der Waals surface area contributed by atoms with Crippen molar-refractivity contribution in [3.63, 3.8) is 0 Å². The normalized spacial score (nSPS) is 10.6. The van der Waals surface area contributed by atoms with Gasteiger partial charge in [0.2, 0.25) is 0 Å². The zero-order valence-corrected chi connectivity index (χ0v) is 15.1. The van der Waals surface area contributed by atoms with Crippen LogP contribution in [0.1, 0.15) is 40.4 Å². The van der Waals surface area contributed by atoms with E-state index in [4.69, 9.17) is 0 Å². The van der Waals surface area contributed by atoms with E-state index in [2.05, 4.69) is 25.7 Å². The summed E-state index contributed by atoms with van der Waals surface area (Å²) in [5.41, 5.74) is 2.12. The number of aromatic nitrogens is 4. The molecule has 2 amide bonds. The highest BCUT2D eigenvalue weighted by Crippen LogP contribution is 2.07. The number of pyridine rings is 2. The van der Waals surface area contributed by atoms with E-state index in [1.165, 1.54) is 0 Å². The maximum absolute atomic E-state index is 12.4. The highest BCUT2D eigenvalue weighted by Gasteiger charge is 2.13. The van der Waals surface area contributed by atoms with Crippen molar-refractivity contribution in [2.45, 2.75) is 26.4 Å². The van der Waals surface area contributed by atoms with Crippen LogP contribution in [0.3, 0.4) is 0 Å². The summed E-state index contributed by atoms with van der Waals surface area (Å²) < 4.78 is 1.71. The number of hydrogen-bond acceptors (Lipinski definition) is 5. The van der Waals surface area contributed by atoms with Crippen LogP contribution in [-0.2, 0) is 6.54 Å². The Morgan fingerprint density at radius 1 is 1.07 bits per heavy atom. The second kappa shape index (κ2) is 8.22. The van der Waals surface area contributed by atoms with Gasteiger partial charge in [-0.2, -0.15) is 5.10 Å². The smallest absolute Gasteiger partial charge is 0.270 e. The Bertz CT molecular complexity index is 936. The second-order valence-electron chi connectivity index (χ2n) is 6.22. The Morgan fingerprint density at radius 2 is 1.78 bits per heavy atom. The number of amides is 2. The molecule has 138 valence electrons. The molecule has 0 saturated heterocycles. The van der Waals surface area contributed by atoms with Gasteiger partial charge in [0, 0.05) is 36.7 Å². The van der Waals surface area contributed by atoms with Crippen LogP contribution in [0.15, 0.2) is 55.1 Å². The first-order valence-electron chi connectivity index (χ1n) is 8.53. The van der Waals surface area contributed by atoms with Crippen LogP contribution in [0, 0.1) is 0 Å². The lowest BCUT2D eigenvalue weighted by Crippen LogP contribution is -2.31. The van der Waals surface area contributed by atoms with E-state index in [-0.39, 0.29) is 29.2 Å². The van der Waals surface area contributed by atoms with Crippen LogP contribution in [0.25, 0.3) is 5.69 Å². The molecule has 0 aliphatic heterocycles. The minimum absolute atomic E-state index is 0.00582. The van der Waals surface area contributed by atoms with Crippen molar-refractivity contribution in [1.82, 2.24) is 30.4 Å². The molecule has 8 heteroatoms. The van der Waals surface area contributed by atoms with Crippen LogP contribution in [-0.4, -0.2) is 37.6 Å². The minimum atomic E-state index is -0.356. The monoisotopic (exact) mass is 364 g/mol. The van der Waals surface area contributed by atoms with E-state index < -0.39 is 0 Å². The lowest BCUT2D eigenvalue weighted by atomic mass is 10.2. The molecule has 0 fully saturated rings. The first-order chi connectivity index (χ1) is 13.0. The van der Waals surface area contributed by atoms with Gasteiger partial charge in [-0.05, 0) is 38.1 Å². The zero-order valence-electron chi connectivity index (χ0n) is 15.1. The maximum Gasteiger partial charge on any atom is 0.270 e. The average molecular weight is 364 g/mol. The van der Waals surface area contributed by atoms with E-state index in [1.807, 2.05) is 32.2 Å². The third kappa shape index (κ3) is 4.75. The van der Waals surface area contributed by atoms with Crippen molar-refractivity contribution >= 4 is 11.8 Å². The van der Waals surface area contributed by atoms with Crippen LogP contribution < -0.4 is 10.6 Å². The number of carbonyl (C=O) groups excluding carboxylic acids is 2. The van der Waals surface area contributed by atoms with Gasteiger partial charge in [-0.25, -0.2) is 9.67 Å². The largest absolute Gasteiger partial charge is 0.349 e. The van der Waals surface area contributed by atoms with Crippen LogP contribution in [0.4, 0.5) is 0 Å². The van der Waals surface area contributed by atoms with Crippen molar-refractivity contribution in [2.75, 3.05) is 0 Å². The molecule has 3 rings (SSSR count). The van der Waals surface area contributed by atoms with Crippen molar-refractivity contribution in [1.29, 1.82) is 0 Å². The van der Waals surface area contributed by atoms with Gasteiger partial charge >= 0.3 is 0 Å². The summed E-state index contributed by atoms with van der Waals surface area (Å²) in [6, 6.07) is 8.46. The SMILES string of the molecule is CC(C)NC(=O)c1cccc(C(=O)NCc2cnn(-c3ccncc3)c2)n1. The van der Waals surface area contributed by atoms with E-state index >= 15 is 0 Å². The molecular formula is C19H20N6O2. The molecule has 0 atom stereocenters. The molecule has 27 heavy (non-hydrogen) atoms. The molecule has 3 aromatic heterocycles. The van der Waals surface area contributed by atoms with E-state index in [1.54, 1.807) is 41.5 Å². The van der Waals surface area contributed by atoms with Crippen molar-refractivity contribution in [2.24, 2.45) is 0 Å². The van der Waals surface area contributed by atoms with Crippen molar-refractivity contribution in [3.8, 4) is 5.69 Å². The van der Waals surface area contributed by atoms with Crippen LogP contribution in [0.2, 0.25) is 0 Å². The predicted molar refractivity (Wildman–Crippen MR) is 99.4 cm³/mol. The fourth-order valence-electron chi connectivity index (χ4n) is 2.39. The zero-order chi connectivity index (χ0) is 19.2. The molecule has 0 radical (unpaired) electrons. The highest BCUT2D eigenvalue weighted by atomic mass is 16.2. The number of rotatable bonds is 6. The van der Waals surface area contributed by atoms with Crippen LogP contribution >= 0.6 is 0 Å². The topological polar surface area (TPSA) is 102 Å². The first-order valence-corrected chi connectivity index (χ1v) is 8.53. The Kier molecular flexibility index (Phi) is 5.55. The molecule has 8 nitrogen and oxygen atoms in total. The molecular weight excluding hydrogens is 344 g/mol. The van der Waals surface area contributed by atoms with Crippen LogP contribution in [0.5, 0.6) is 0 Å². The summed E-state index contributed by atoms with van der Waals surface area (Å²) in [6.45, 7) is 4.02. The van der Waals surface area contributed by atoms with E-state index in [0.717, 1.165) is 11.3 Å². The molecule has 0 aliphatic rings. The second-order valence-corrected chi connectivity index (χ2v) is 6.22. The molecule has 0 aliphatic carbocycles. The van der Waals surface area contributed by atoms with Gasteiger partial charge in [-0.3, -0.25) is 14.6 Å². The van der Waals surface area contributed by atoms with Gasteiger partial charge in [-0.1, -0.05) is 6.07 Å². The van der Waals surface area contributed by atoms with Gasteiger partial charge < -0.3 is 10.6 Å². The summed E-state index contributed by atoms with van der Waals surface area (Å²) in [5, 5.41) is 9.81. The molecule has 2 N–H and O–H groups in total. The average Bonchev–Trinajstić information content (AvgIpc) is 3.15. The highest BCUT2D eigenvalue weighted by molar-refractivity contribution is 5.96. The summed E-state index contributed by atoms with van der Waals surface area (Å²) in [7, 11) is 0. The Balaban J connectivity index is 1.63. The van der Waals surface area contributed by atoms with Crippen molar-refractivity contribution in [3.05, 3.63) is 72.1 Å². The lowest BCUT2D eigenvalue weighted by molar-refractivity contribution is 0.0936. The standard InChI is InChI=1S/C19H20N6O2/c1-13(2)23-19(27)17-5-3-4-16(24-17)18(26)21-10-14-11-22-25(12-14)15-6-8-20-9-7-15/h3-9,11-13H,10H2,1-2H3,(H,21,26)(H,23,27). The Labute approximate surface area is 156 Å². The number of carbonyl (C=O) groups is 2. The summed E-state index contributed by atoms with van der Waals surface area (Å²) >= 11 is 0. The van der Waals surface area contributed by atoms with E-state index in [0.29, 0.717) is 6.54 Å². The van der Waals surface area contributed by atoms with E-state index in [9.17, 15) is 9.59 Å². The molecule has 0 unspecified atom stereocenters. The van der Waals surface area contributed by atoms with Gasteiger partial charge in [-0.15, -0.1) is 0 Å². The first kappa shape index (κ1) is 18.2. The summed E-state index contributed by atoms with van der Waals surface area (Å²) in [6.07, 6.45) is 6.88. The molecule has 0 bridgehead atoms. The maximum atomic E-state index is 12.4. The number of nitrogens with one attached hydrogen (secondary N) is 2. The molecule has 0 spiro atoms. The van der Waals surface area contributed by atoms with Gasteiger partial charge in [0.15, 0.2) is 0 Å². The summed E-state index contributed by atoms with van der Waals surface area (Å²) in [5.74, 6) is -0.663. The van der Waals surface area contributed by atoms with Crippen molar-refractivity contribution < 1.29 is 9.59 Å². The van der Waals surface area contributed by atoms with Gasteiger partial charge in [0.05, 0.1) is 11.9 Å². The Morgan fingerprint density at radius 3 is 2.48 bits per heavy atom. The molecule has 3 aromatic rings. The fraction of sp³-hybridized carbons (Fsp3) is 0.211. The number of hydrogen-bond donors (Lipinski definition) is 2. The third-order valence-electron chi connectivity index (χ3n) is 3.65. The predicted octanol–water partition coefficient (Wildman–Crippen LogP) is 1.73. The summed E-state index contributed by atoms with van der Waals surface area (Å²) in [4.78, 5) is 32.5. The van der Waals surface area contributed by atoms with Gasteiger partial charge in [0.25, 0.3) is 11.8 Å². The lowest BCUT2D eigenvalue weighted by Gasteiger charge is -2.08. The quantitative estimate of drug-likeness (QED) is 0.694. The fourth-order valence-corrected chi connectivity index (χ4v) is 2.39.